The van der Waals surface area contributed by atoms with Gasteiger partial charge in [-0.15, -0.1) is 0 Å². The van der Waals surface area contributed by atoms with E-state index in [4.69, 9.17) is 24.9 Å². The van der Waals surface area contributed by atoms with Crippen LogP contribution in [0.5, 0.6) is 0 Å². The van der Waals surface area contributed by atoms with E-state index in [2.05, 4.69) is 167 Å². The Labute approximate surface area is 457 Å². The molecule has 2 aliphatic heterocycles. The number of piperazine rings is 1. The van der Waals surface area contributed by atoms with Gasteiger partial charge in [-0.25, -0.2) is 24.5 Å². The zero-order valence-electron chi connectivity index (χ0n) is 44.6. The predicted molar refractivity (Wildman–Crippen MR) is 302 cm³/mol. The first kappa shape index (κ1) is 47.4. The zero-order valence-corrected chi connectivity index (χ0v) is 44.6. The first-order valence-electron chi connectivity index (χ1n) is 27.3. The Balaban J connectivity index is 0.674. The Morgan fingerprint density at radius 2 is 1.30 bits per heavy atom. The Hall–Kier alpha value is -9.77. The van der Waals surface area contributed by atoms with Crippen molar-refractivity contribution in [2.24, 2.45) is 11.3 Å². The van der Waals surface area contributed by atoms with Gasteiger partial charge < -0.3 is 20.0 Å². The van der Waals surface area contributed by atoms with Gasteiger partial charge in [-0.3, -0.25) is 19.9 Å². The van der Waals surface area contributed by atoms with Gasteiger partial charge in [0.05, 0.1) is 60.3 Å². The van der Waals surface area contributed by atoms with E-state index in [1.54, 1.807) is 12.5 Å². The second-order valence-corrected chi connectivity index (χ2v) is 21.8. The van der Waals surface area contributed by atoms with Crippen molar-refractivity contribution in [3.63, 3.8) is 0 Å². The summed E-state index contributed by atoms with van der Waals surface area (Å²) in [6.07, 6.45) is 23.4. The molecule has 12 heterocycles. The molecule has 0 saturated carbocycles. The number of rotatable bonds is 13. The number of imidazole rings is 3. The van der Waals surface area contributed by atoms with Crippen LogP contribution in [0.2, 0.25) is 0 Å². The number of likely N-dealkylation sites (N-methyl/N-ethyl adjacent to an activating group) is 1. The minimum absolute atomic E-state index is 0.0521. The lowest BCUT2D eigenvalue weighted by atomic mass is 9.73. The van der Waals surface area contributed by atoms with Gasteiger partial charge in [0.25, 0.3) is 23.8 Å². The monoisotopic (exact) mass is 1060 g/mol. The van der Waals surface area contributed by atoms with Crippen LogP contribution in [-0.4, -0.2) is 130 Å². The fraction of sp³-hybridized carbons (Fsp3) is 0.281. The van der Waals surface area contributed by atoms with E-state index < -0.39 is 0 Å². The van der Waals surface area contributed by atoms with Crippen molar-refractivity contribution in [1.29, 1.82) is 0 Å². The van der Waals surface area contributed by atoms with E-state index in [9.17, 15) is 0 Å². The van der Waals surface area contributed by atoms with E-state index in [1.807, 2.05) is 64.8 Å². The molecule has 0 radical (unpaired) electrons. The van der Waals surface area contributed by atoms with E-state index in [0.717, 1.165) is 155 Å². The molecule has 4 N–H and O–H groups in total. The largest absolute Gasteiger partial charge is 0.350 e. The summed E-state index contributed by atoms with van der Waals surface area (Å²) in [6, 6.07) is 23.0. The summed E-state index contributed by atoms with van der Waals surface area (Å²) < 4.78 is 12.8. The Morgan fingerprint density at radius 3 is 2.02 bits per heavy atom. The maximum Gasteiger partial charge on any atom is 0.319 e. The smallest absolute Gasteiger partial charge is 0.319 e. The van der Waals surface area contributed by atoms with Crippen LogP contribution in [0, 0.1) is 11.3 Å². The van der Waals surface area contributed by atoms with Crippen LogP contribution in [0.4, 0.5) is 17.8 Å². The number of fused-ring (bicyclic) bond motifs is 6. The number of benzene rings is 3. The van der Waals surface area contributed by atoms with E-state index >= 15 is 0 Å². The number of aromatic nitrogens is 19. The second kappa shape index (κ2) is 19.0. The molecule has 0 unspecified atom stereocenters. The summed E-state index contributed by atoms with van der Waals surface area (Å²) in [5.74, 6) is 2.45. The molecular formula is C57H58N23+3. The number of aromatic amines is 3. The average molecular weight is 1070 g/mol. The van der Waals surface area contributed by atoms with E-state index in [-0.39, 0.29) is 5.41 Å². The number of hydrogen-bond acceptors (Lipinski definition) is 14. The third-order valence-electron chi connectivity index (χ3n) is 16.5. The summed E-state index contributed by atoms with van der Waals surface area (Å²) >= 11 is 0. The summed E-state index contributed by atoms with van der Waals surface area (Å²) in [5, 5.41) is 28.5. The fourth-order valence-electron chi connectivity index (χ4n) is 11.8. The molecule has 10 aromatic heterocycles. The van der Waals surface area contributed by atoms with Crippen molar-refractivity contribution in [2.45, 2.75) is 46.7 Å². The zero-order chi connectivity index (χ0) is 53.5. The molecule has 13 aromatic rings. The molecule has 2 aliphatic rings. The first-order valence-corrected chi connectivity index (χ1v) is 27.3. The number of nitrogens with one attached hydrogen (secondary N) is 4. The van der Waals surface area contributed by atoms with Gasteiger partial charge >= 0.3 is 11.6 Å². The van der Waals surface area contributed by atoms with E-state index in [0.29, 0.717) is 29.6 Å². The Bertz CT molecular complexity index is 4430. The van der Waals surface area contributed by atoms with Crippen molar-refractivity contribution < 1.29 is 13.8 Å². The summed E-state index contributed by atoms with van der Waals surface area (Å²) in [7, 11) is 0. The third kappa shape index (κ3) is 8.43. The van der Waals surface area contributed by atoms with Gasteiger partial charge in [-0.2, -0.15) is 34.4 Å². The number of hydrogen-bond donors (Lipinski definition) is 4. The molecule has 0 aliphatic carbocycles. The molecule has 2 fully saturated rings. The van der Waals surface area contributed by atoms with Crippen LogP contribution in [0.1, 0.15) is 39.2 Å². The highest BCUT2D eigenvalue weighted by Gasteiger charge is 2.38. The molecule has 0 spiro atoms. The minimum atomic E-state index is -0.0521. The molecular weight excluding hydrogens is 1010 g/mol. The average Bonchev–Trinajstić information content (AvgIpc) is 4.41. The van der Waals surface area contributed by atoms with Crippen molar-refractivity contribution in [1.82, 2.24) is 84.2 Å². The molecule has 2 saturated heterocycles. The SMILES string of the molecule is CCN1CCN(c2ncc3c(n2)n(-c2ccc4[nH]ncc4c2)c[n+]3CC(C)(C)C2CCN(c3ncc4c(n3)[n+](-c3ccc5[nH]ncc5c3)cn4-[n+]3ccc(CNc4ncc5ncn(-c6ccc7[nH]ncc7c6)c5n4)cc3)CC2)CC1. The molecule has 15 rings (SSSR count). The van der Waals surface area contributed by atoms with Crippen molar-refractivity contribution in [3.8, 4) is 17.1 Å². The van der Waals surface area contributed by atoms with Crippen molar-refractivity contribution >= 4 is 84.0 Å². The second-order valence-electron chi connectivity index (χ2n) is 21.8. The molecule has 23 nitrogen and oxygen atoms in total. The number of H-pyrrole nitrogens is 3. The highest BCUT2D eigenvalue weighted by molar-refractivity contribution is 5.83. The van der Waals surface area contributed by atoms with Gasteiger partial charge in [-0.1, -0.05) is 25.8 Å². The maximum absolute atomic E-state index is 5.36. The lowest BCUT2D eigenvalue weighted by molar-refractivity contribution is -0.735. The molecule has 0 amide bonds. The first-order chi connectivity index (χ1) is 39.2. The van der Waals surface area contributed by atoms with Crippen molar-refractivity contribution in [2.75, 3.05) is 60.9 Å². The predicted octanol–water partition coefficient (Wildman–Crippen LogP) is 5.78. The summed E-state index contributed by atoms with van der Waals surface area (Å²) in [5.41, 5.74) is 11.9. The highest BCUT2D eigenvalue weighted by Crippen LogP contribution is 2.37. The summed E-state index contributed by atoms with van der Waals surface area (Å²) in [6.45, 7) is 14.9. The lowest BCUT2D eigenvalue weighted by Crippen LogP contribution is -2.47. The summed E-state index contributed by atoms with van der Waals surface area (Å²) in [4.78, 5) is 41.9. The molecule has 398 valence electrons. The minimum Gasteiger partial charge on any atom is -0.350 e. The third-order valence-corrected chi connectivity index (χ3v) is 16.5. The molecule has 3 aromatic carbocycles. The van der Waals surface area contributed by atoms with Crippen molar-refractivity contribution in [3.05, 3.63) is 141 Å². The van der Waals surface area contributed by atoms with Gasteiger partial charge in [0.1, 0.15) is 23.2 Å². The van der Waals surface area contributed by atoms with Crippen LogP contribution < -0.4 is 28.9 Å². The van der Waals surface area contributed by atoms with Crippen LogP contribution in [0.15, 0.2) is 135 Å². The fourth-order valence-corrected chi connectivity index (χ4v) is 11.8. The lowest BCUT2D eigenvalue weighted by Gasteiger charge is -2.39. The maximum atomic E-state index is 5.36. The Morgan fingerprint density at radius 1 is 0.637 bits per heavy atom. The van der Waals surface area contributed by atoms with Crippen LogP contribution in [0.25, 0.3) is 83.3 Å². The molecule has 0 atom stereocenters. The van der Waals surface area contributed by atoms with E-state index in [1.165, 1.54) is 0 Å². The normalized spacial score (nSPS) is 15.0. The van der Waals surface area contributed by atoms with Gasteiger partial charge in [0, 0.05) is 85.2 Å². The van der Waals surface area contributed by atoms with Gasteiger partial charge in [0.15, 0.2) is 5.65 Å². The Kier molecular flexibility index (Phi) is 11.3. The quantitative estimate of drug-likeness (QED) is 0.101. The highest BCUT2D eigenvalue weighted by atomic mass is 15.5. The number of piperidine rings is 1. The molecule has 23 heteroatoms. The number of nitrogens with zero attached hydrogens (tertiary/aromatic N) is 19. The van der Waals surface area contributed by atoms with Crippen LogP contribution >= 0.6 is 0 Å². The van der Waals surface area contributed by atoms with Gasteiger partial charge in [-0.05, 0) is 94.8 Å². The number of pyridine rings is 1. The standard InChI is InChI=1S/C57H58N23/c1-4-72-19-21-74(22-20-72)56-60-31-49-52(67-56)78(43-6-9-46-39(24-43)28-64-70-46)35-75(49)33-57(2,3)41-13-15-73(16-14-41)55-61-32-50-53(68-55)79(44-7-10-47-40(25-44)29-65-71-47)36-80(50)76-17-11-37(12-18-76)26-58-54-59-30-48-51(66-54)77(34-62-48)42-5-8-45-38(23-42)27-63-69-45/h5-12,17-18,23-25,27-32,34-36,41H,4,13-16,19-22,26,33H2,1-3H3,(H,63,69)(H,64,70)(H,65,71)(H,58,59,66)/q+3. The topological polar surface area (TPSA) is 224 Å². The van der Waals surface area contributed by atoms with Crippen LogP contribution in [0.3, 0.4) is 0 Å². The number of anilines is 3. The van der Waals surface area contributed by atoms with Crippen LogP contribution in [-0.2, 0) is 13.1 Å². The van der Waals surface area contributed by atoms with Gasteiger partial charge in [0.2, 0.25) is 29.8 Å². The molecule has 80 heavy (non-hydrogen) atoms. The molecule has 0 bridgehead atoms.